The number of hydrogen-bond acceptors (Lipinski definition) is 12. The van der Waals surface area contributed by atoms with Crippen LogP contribution in [0, 0.1) is 11.8 Å². The lowest BCUT2D eigenvalue weighted by molar-refractivity contribution is -0.147. The molecule has 2 unspecified atom stereocenters. The second-order valence-electron chi connectivity index (χ2n) is 9.41. The van der Waals surface area contributed by atoms with E-state index in [-0.39, 0.29) is 54.2 Å². The van der Waals surface area contributed by atoms with E-state index in [1.165, 1.54) is 0 Å². The van der Waals surface area contributed by atoms with E-state index in [2.05, 4.69) is 36.9 Å². The van der Waals surface area contributed by atoms with Gasteiger partial charge in [0.1, 0.15) is 26.4 Å². The number of alkyl carbamates (subject to hydrolysis) is 2. The van der Waals surface area contributed by atoms with Crippen LogP contribution in [0.3, 0.4) is 0 Å². The number of amides is 2. The van der Waals surface area contributed by atoms with Crippen LogP contribution in [-0.4, -0.2) is 87.8 Å². The zero-order chi connectivity index (χ0) is 32.0. The molecule has 2 atom stereocenters. The Labute approximate surface area is 253 Å². The van der Waals surface area contributed by atoms with Crippen molar-refractivity contribution in [2.45, 2.75) is 44.3 Å². The molecular formula is C29H44N2O12. The Morgan fingerprint density at radius 3 is 1.19 bits per heavy atom. The summed E-state index contributed by atoms with van der Waals surface area (Å²) in [7, 11) is 0. The lowest BCUT2D eigenvalue weighted by Gasteiger charge is -2.22. The van der Waals surface area contributed by atoms with E-state index in [1.54, 1.807) is 0 Å². The lowest BCUT2D eigenvalue weighted by atomic mass is 9.93. The van der Waals surface area contributed by atoms with Gasteiger partial charge in [0, 0.05) is 40.2 Å². The number of esters is 4. The molecule has 0 saturated heterocycles. The SMILES string of the molecule is C=CC(=O)OCC(COC(=O)C=C)OC(=O)NCC1CCCCC(CNC(=O)OC(COC(=O)C=C)COC(=O)C=C)C1.[HH].[HH]. The second-order valence-corrected chi connectivity index (χ2v) is 9.41. The maximum atomic E-state index is 12.4. The Hall–Kier alpha value is -4.62. The van der Waals surface area contributed by atoms with Crippen molar-refractivity contribution < 1.29 is 60.0 Å². The monoisotopic (exact) mass is 612 g/mol. The predicted octanol–water partition coefficient (Wildman–Crippen LogP) is 2.78. The van der Waals surface area contributed by atoms with Gasteiger partial charge in [0.2, 0.25) is 0 Å². The highest BCUT2D eigenvalue weighted by Crippen LogP contribution is 2.27. The van der Waals surface area contributed by atoms with E-state index in [0.717, 1.165) is 50.0 Å². The second kappa shape index (κ2) is 21.1. The van der Waals surface area contributed by atoms with Gasteiger partial charge in [-0.3, -0.25) is 0 Å². The summed E-state index contributed by atoms with van der Waals surface area (Å²) in [5, 5.41) is 5.38. The van der Waals surface area contributed by atoms with E-state index in [1.807, 2.05) is 0 Å². The maximum Gasteiger partial charge on any atom is 0.407 e. The number of carbonyl (C=O) groups is 6. The first-order valence-electron chi connectivity index (χ1n) is 13.7. The molecule has 1 aliphatic rings. The molecule has 1 aliphatic carbocycles. The summed E-state index contributed by atoms with van der Waals surface area (Å²) in [4.78, 5) is 70.4. The minimum absolute atomic E-state index is 0. The fraction of sp³-hybridized carbons (Fsp3) is 0.517. The van der Waals surface area contributed by atoms with E-state index >= 15 is 0 Å². The van der Waals surface area contributed by atoms with Gasteiger partial charge in [-0.25, -0.2) is 28.8 Å². The summed E-state index contributed by atoms with van der Waals surface area (Å²) in [6, 6.07) is 0. The van der Waals surface area contributed by atoms with Gasteiger partial charge in [-0.1, -0.05) is 39.2 Å². The molecule has 0 aromatic carbocycles. The third kappa shape index (κ3) is 17.1. The van der Waals surface area contributed by atoms with Gasteiger partial charge in [0.15, 0.2) is 12.2 Å². The van der Waals surface area contributed by atoms with Crippen molar-refractivity contribution in [2.24, 2.45) is 11.8 Å². The largest absolute Gasteiger partial charge is 0.458 e. The van der Waals surface area contributed by atoms with Gasteiger partial charge >= 0.3 is 36.1 Å². The third-order valence-electron chi connectivity index (χ3n) is 6.07. The Morgan fingerprint density at radius 2 is 0.907 bits per heavy atom. The molecule has 2 amide bonds. The molecule has 0 heterocycles. The molecule has 1 fully saturated rings. The highest BCUT2D eigenvalue weighted by Gasteiger charge is 2.24. The topological polar surface area (TPSA) is 182 Å². The average Bonchev–Trinajstić information content (AvgIpc) is 3.25. The first-order chi connectivity index (χ1) is 20.6. The fourth-order valence-corrected chi connectivity index (χ4v) is 3.95. The van der Waals surface area contributed by atoms with E-state index in [0.29, 0.717) is 6.42 Å². The molecule has 43 heavy (non-hydrogen) atoms. The van der Waals surface area contributed by atoms with Crippen LogP contribution in [0.25, 0.3) is 0 Å². The molecule has 0 spiro atoms. The van der Waals surface area contributed by atoms with Crippen molar-refractivity contribution in [3.63, 3.8) is 0 Å². The molecule has 14 nitrogen and oxygen atoms in total. The van der Waals surface area contributed by atoms with Crippen LogP contribution in [0.2, 0.25) is 0 Å². The summed E-state index contributed by atoms with van der Waals surface area (Å²) in [5.74, 6) is -2.75. The maximum absolute atomic E-state index is 12.4. The summed E-state index contributed by atoms with van der Waals surface area (Å²) >= 11 is 0. The van der Waals surface area contributed by atoms with Crippen molar-refractivity contribution in [2.75, 3.05) is 39.5 Å². The Bertz CT molecular complexity index is 897. The molecule has 0 aliphatic heterocycles. The standard InChI is InChI=1S/C29H40N2O12.2H2/c1-5-24(32)38-16-22(17-39-25(33)6-2)42-28(36)30-14-20-11-9-10-12-21(13-20)15-31-29(37)43-23(18-40-26(34)7-3)19-41-27(35)8-4;;/h5-8,20-23H,1-4,9-19H2,(H,30,36)(H,31,37);2*1H. The number of ether oxygens (including phenoxy) is 6. The summed E-state index contributed by atoms with van der Waals surface area (Å²) in [6.45, 7) is 12.4. The first-order valence-corrected chi connectivity index (χ1v) is 13.7. The van der Waals surface area contributed by atoms with E-state index in [4.69, 9.17) is 28.4 Å². The number of hydrogen-bond donors (Lipinski definition) is 2. The van der Waals surface area contributed by atoms with Crippen LogP contribution in [0.4, 0.5) is 9.59 Å². The molecule has 0 radical (unpaired) electrons. The predicted molar refractivity (Wildman–Crippen MR) is 155 cm³/mol. The van der Waals surface area contributed by atoms with Crippen LogP contribution in [-0.2, 0) is 47.6 Å². The smallest absolute Gasteiger partial charge is 0.407 e. The van der Waals surface area contributed by atoms with Gasteiger partial charge in [0.05, 0.1) is 0 Å². The minimum Gasteiger partial charge on any atom is -0.458 e. The van der Waals surface area contributed by atoms with Gasteiger partial charge < -0.3 is 39.1 Å². The molecule has 0 bridgehead atoms. The molecule has 0 aromatic rings. The van der Waals surface area contributed by atoms with Crippen LogP contribution >= 0.6 is 0 Å². The van der Waals surface area contributed by atoms with Crippen molar-refractivity contribution in [3.8, 4) is 0 Å². The highest BCUT2D eigenvalue weighted by atomic mass is 16.6. The molecule has 1 rings (SSSR count). The van der Waals surface area contributed by atoms with Crippen LogP contribution in [0.15, 0.2) is 50.6 Å². The molecule has 0 aromatic heterocycles. The fourth-order valence-electron chi connectivity index (χ4n) is 3.95. The minimum atomic E-state index is -1.05. The molecule has 14 heteroatoms. The van der Waals surface area contributed by atoms with Crippen LogP contribution in [0.1, 0.15) is 35.0 Å². The van der Waals surface area contributed by atoms with Gasteiger partial charge in [0.25, 0.3) is 0 Å². The highest BCUT2D eigenvalue weighted by molar-refractivity contribution is 5.82. The van der Waals surface area contributed by atoms with Gasteiger partial charge in [-0.2, -0.15) is 0 Å². The van der Waals surface area contributed by atoms with Crippen molar-refractivity contribution >= 4 is 36.1 Å². The number of rotatable bonds is 18. The van der Waals surface area contributed by atoms with E-state index in [9.17, 15) is 28.8 Å². The average molecular weight is 613 g/mol. The summed E-state index contributed by atoms with van der Waals surface area (Å²) < 4.78 is 30.1. The Kier molecular flexibility index (Phi) is 17.9. The lowest BCUT2D eigenvalue weighted by Crippen LogP contribution is -2.38. The zero-order valence-electron chi connectivity index (χ0n) is 24.1. The molecule has 2 N–H and O–H groups in total. The van der Waals surface area contributed by atoms with Crippen molar-refractivity contribution in [1.29, 1.82) is 0 Å². The number of nitrogens with one attached hydrogen (secondary N) is 2. The molecule has 1 saturated carbocycles. The van der Waals surface area contributed by atoms with Crippen LogP contribution in [0.5, 0.6) is 0 Å². The zero-order valence-corrected chi connectivity index (χ0v) is 24.1. The summed E-state index contributed by atoms with van der Waals surface area (Å²) in [6.07, 6.45) is 4.35. The van der Waals surface area contributed by atoms with Gasteiger partial charge in [-0.05, 0) is 31.1 Å². The Morgan fingerprint density at radius 1 is 0.605 bits per heavy atom. The van der Waals surface area contributed by atoms with E-state index < -0.39 is 48.3 Å². The Balaban J connectivity index is 0. The van der Waals surface area contributed by atoms with Crippen molar-refractivity contribution in [1.82, 2.24) is 10.6 Å². The van der Waals surface area contributed by atoms with Crippen molar-refractivity contribution in [3.05, 3.63) is 50.6 Å². The quantitative estimate of drug-likeness (QED) is 0.100. The third-order valence-corrected chi connectivity index (χ3v) is 6.07. The summed E-state index contributed by atoms with van der Waals surface area (Å²) in [5.41, 5.74) is 0. The van der Waals surface area contributed by atoms with Crippen LogP contribution < -0.4 is 10.6 Å². The molecular weight excluding hydrogens is 568 g/mol. The van der Waals surface area contributed by atoms with Gasteiger partial charge in [-0.15, -0.1) is 0 Å². The normalized spacial score (nSPS) is 16.0. The first kappa shape index (κ1) is 36.4. The number of carbonyl (C=O) groups excluding carboxylic acids is 6. The molecule has 242 valence electrons.